The van der Waals surface area contributed by atoms with Gasteiger partial charge < -0.3 is 10.6 Å². The quantitative estimate of drug-likeness (QED) is 0.515. The zero-order chi connectivity index (χ0) is 21.1. The number of hydrogen-bond acceptors (Lipinski definition) is 4. The standard InChI is InChI=1S/C22H18ClN5O2/c1-14-19-11-17(12-24-21(19)28(27-14)18-5-3-2-4-6-18)26-20(29)13-25-22(30)15-7-9-16(23)10-8-15/h2-12H,13H2,1H3,(H,25,30)(H,26,29). The first kappa shape index (κ1) is 19.6. The summed E-state index contributed by atoms with van der Waals surface area (Å²) in [5.74, 6) is -0.707. The van der Waals surface area contributed by atoms with Crippen molar-refractivity contribution in [3.05, 3.63) is 83.1 Å². The van der Waals surface area contributed by atoms with Gasteiger partial charge in [0.1, 0.15) is 0 Å². The largest absolute Gasteiger partial charge is 0.343 e. The number of halogens is 1. The smallest absolute Gasteiger partial charge is 0.251 e. The van der Waals surface area contributed by atoms with Crippen LogP contribution in [0.4, 0.5) is 5.69 Å². The predicted octanol–water partition coefficient (Wildman–Crippen LogP) is 3.75. The molecule has 2 amide bonds. The number of nitrogens with zero attached hydrogens (tertiary/aromatic N) is 3. The third-order valence-electron chi connectivity index (χ3n) is 4.51. The van der Waals surface area contributed by atoms with E-state index in [2.05, 4.69) is 20.7 Å². The molecular formula is C22H18ClN5O2. The summed E-state index contributed by atoms with van der Waals surface area (Å²) in [5.41, 5.74) is 3.37. The van der Waals surface area contributed by atoms with Crippen LogP contribution < -0.4 is 10.6 Å². The van der Waals surface area contributed by atoms with Gasteiger partial charge in [0.25, 0.3) is 5.91 Å². The lowest BCUT2D eigenvalue weighted by Crippen LogP contribution is -2.32. The average molecular weight is 420 g/mol. The van der Waals surface area contributed by atoms with Crippen molar-refractivity contribution in [1.29, 1.82) is 0 Å². The van der Waals surface area contributed by atoms with Crippen molar-refractivity contribution < 1.29 is 9.59 Å². The molecule has 0 aliphatic rings. The van der Waals surface area contributed by atoms with Crippen LogP contribution in [-0.4, -0.2) is 33.1 Å². The summed E-state index contributed by atoms with van der Waals surface area (Å²) in [4.78, 5) is 28.8. The third kappa shape index (κ3) is 4.16. The first-order valence-corrected chi connectivity index (χ1v) is 9.63. The molecule has 2 aromatic carbocycles. The molecular weight excluding hydrogens is 402 g/mol. The Morgan fingerprint density at radius 1 is 1.07 bits per heavy atom. The van der Waals surface area contributed by atoms with Gasteiger partial charge in [-0.1, -0.05) is 29.8 Å². The van der Waals surface area contributed by atoms with E-state index in [0.29, 0.717) is 21.9 Å². The van der Waals surface area contributed by atoms with Crippen LogP contribution in [0.15, 0.2) is 66.9 Å². The summed E-state index contributed by atoms with van der Waals surface area (Å²) in [7, 11) is 0. The number of anilines is 1. The number of fused-ring (bicyclic) bond motifs is 1. The van der Waals surface area contributed by atoms with E-state index in [1.165, 1.54) is 0 Å². The molecule has 4 rings (SSSR count). The van der Waals surface area contributed by atoms with E-state index in [9.17, 15) is 9.59 Å². The van der Waals surface area contributed by atoms with Crippen LogP contribution >= 0.6 is 11.6 Å². The van der Waals surface area contributed by atoms with E-state index in [0.717, 1.165) is 16.8 Å². The van der Waals surface area contributed by atoms with Gasteiger partial charge in [-0.3, -0.25) is 9.59 Å². The monoisotopic (exact) mass is 419 g/mol. The third-order valence-corrected chi connectivity index (χ3v) is 4.76. The molecule has 4 aromatic rings. The lowest BCUT2D eigenvalue weighted by Gasteiger charge is -2.08. The van der Waals surface area contributed by atoms with Crippen molar-refractivity contribution in [3.63, 3.8) is 0 Å². The van der Waals surface area contributed by atoms with E-state index in [1.807, 2.05) is 43.3 Å². The van der Waals surface area contributed by atoms with E-state index in [-0.39, 0.29) is 18.4 Å². The van der Waals surface area contributed by atoms with Crippen molar-refractivity contribution in [3.8, 4) is 5.69 Å². The fourth-order valence-electron chi connectivity index (χ4n) is 3.03. The summed E-state index contributed by atoms with van der Waals surface area (Å²) < 4.78 is 1.77. The number of pyridine rings is 1. The zero-order valence-electron chi connectivity index (χ0n) is 16.1. The minimum Gasteiger partial charge on any atom is -0.343 e. The van der Waals surface area contributed by atoms with Crippen LogP contribution in [0.25, 0.3) is 16.7 Å². The SMILES string of the molecule is Cc1nn(-c2ccccc2)c2ncc(NC(=O)CNC(=O)c3ccc(Cl)cc3)cc12. The highest BCUT2D eigenvalue weighted by Gasteiger charge is 2.13. The second-order valence-corrected chi connectivity index (χ2v) is 7.10. The van der Waals surface area contributed by atoms with Gasteiger partial charge in [0.15, 0.2) is 5.65 Å². The number of hydrogen-bond donors (Lipinski definition) is 2. The van der Waals surface area contributed by atoms with Crippen molar-refractivity contribution in [1.82, 2.24) is 20.1 Å². The Morgan fingerprint density at radius 2 is 1.80 bits per heavy atom. The molecule has 0 saturated carbocycles. The lowest BCUT2D eigenvalue weighted by atomic mass is 10.2. The predicted molar refractivity (Wildman–Crippen MR) is 116 cm³/mol. The van der Waals surface area contributed by atoms with Gasteiger partial charge in [-0.2, -0.15) is 5.10 Å². The van der Waals surface area contributed by atoms with Crippen molar-refractivity contribution in [2.75, 3.05) is 11.9 Å². The molecule has 2 N–H and O–H groups in total. The van der Waals surface area contributed by atoms with E-state index >= 15 is 0 Å². The van der Waals surface area contributed by atoms with Gasteiger partial charge >= 0.3 is 0 Å². The van der Waals surface area contributed by atoms with Crippen molar-refractivity contribution >= 4 is 40.1 Å². The summed E-state index contributed by atoms with van der Waals surface area (Å²) in [6.07, 6.45) is 1.57. The second kappa shape index (κ2) is 8.34. The van der Waals surface area contributed by atoms with Gasteiger partial charge in [0, 0.05) is 16.0 Å². The summed E-state index contributed by atoms with van der Waals surface area (Å²) >= 11 is 5.82. The Kier molecular flexibility index (Phi) is 5.45. The van der Waals surface area contributed by atoms with Crippen molar-refractivity contribution in [2.45, 2.75) is 6.92 Å². The van der Waals surface area contributed by atoms with Crippen molar-refractivity contribution in [2.24, 2.45) is 0 Å². The fourth-order valence-corrected chi connectivity index (χ4v) is 3.16. The second-order valence-electron chi connectivity index (χ2n) is 6.67. The Hall–Kier alpha value is -3.71. The first-order valence-electron chi connectivity index (χ1n) is 9.26. The van der Waals surface area contributed by atoms with Crippen LogP contribution in [-0.2, 0) is 4.79 Å². The van der Waals surface area contributed by atoms with E-state index < -0.39 is 0 Å². The zero-order valence-corrected chi connectivity index (χ0v) is 16.8. The normalized spacial score (nSPS) is 10.7. The molecule has 2 heterocycles. The Bertz CT molecular complexity index is 1220. The summed E-state index contributed by atoms with van der Waals surface area (Å²) in [5, 5.41) is 11.3. The molecule has 0 spiro atoms. The number of nitrogens with one attached hydrogen (secondary N) is 2. The Labute approximate surface area is 177 Å². The molecule has 0 fully saturated rings. The lowest BCUT2D eigenvalue weighted by molar-refractivity contribution is -0.115. The molecule has 8 heteroatoms. The first-order chi connectivity index (χ1) is 14.5. The topological polar surface area (TPSA) is 88.9 Å². The molecule has 0 unspecified atom stereocenters. The van der Waals surface area contributed by atoms with E-state index in [4.69, 9.17) is 11.6 Å². The maximum atomic E-state index is 12.3. The number of carbonyl (C=O) groups excluding carboxylic acids is 2. The number of para-hydroxylation sites is 1. The minimum absolute atomic E-state index is 0.165. The number of carbonyl (C=O) groups is 2. The molecule has 0 aliphatic carbocycles. The summed E-state index contributed by atoms with van der Waals surface area (Å²) in [6, 6.07) is 18.0. The van der Waals surface area contributed by atoms with Crippen LogP contribution in [0.5, 0.6) is 0 Å². The number of amides is 2. The maximum Gasteiger partial charge on any atom is 0.251 e. The molecule has 0 radical (unpaired) electrons. The van der Waals surface area contributed by atoms with Crippen LogP contribution in [0.1, 0.15) is 16.1 Å². The van der Waals surface area contributed by atoms with Gasteiger partial charge in [0.05, 0.1) is 29.8 Å². The van der Waals surface area contributed by atoms with Gasteiger partial charge in [-0.25, -0.2) is 9.67 Å². The molecule has 0 saturated heterocycles. The minimum atomic E-state index is -0.355. The fraction of sp³-hybridized carbons (Fsp3) is 0.0909. The molecule has 2 aromatic heterocycles. The number of aromatic nitrogens is 3. The number of benzene rings is 2. The Morgan fingerprint density at radius 3 is 2.53 bits per heavy atom. The van der Waals surface area contributed by atoms with Gasteiger partial charge in [0.2, 0.25) is 5.91 Å². The number of aryl methyl sites for hydroxylation is 1. The average Bonchev–Trinajstić information content (AvgIpc) is 3.09. The Balaban J connectivity index is 1.45. The molecule has 150 valence electrons. The highest BCUT2D eigenvalue weighted by molar-refractivity contribution is 6.30. The highest BCUT2D eigenvalue weighted by atomic mass is 35.5. The van der Waals surface area contributed by atoms with E-state index in [1.54, 1.807) is 35.1 Å². The van der Waals surface area contributed by atoms with Crippen LogP contribution in [0.3, 0.4) is 0 Å². The summed E-state index contributed by atoms with van der Waals surface area (Å²) in [6.45, 7) is 1.73. The van der Waals surface area contributed by atoms with Gasteiger partial charge in [-0.15, -0.1) is 0 Å². The molecule has 0 bridgehead atoms. The molecule has 0 aliphatic heterocycles. The molecule has 0 atom stereocenters. The highest BCUT2D eigenvalue weighted by Crippen LogP contribution is 2.22. The van der Waals surface area contributed by atoms with Gasteiger partial charge in [-0.05, 0) is 49.4 Å². The molecule has 30 heavy (non-hydrogen) atoms. The molecule has 7 nitrogen and oxygen atoms in total. The van der Waals surface area contributed by atoms with Crippen LogP contribution in [0, 0.1) is 6.92 Å². The number of rotatable bonds is 5. The maximum absolute atomic E-state index is 12.3. The van der Waals surface area contributed by atoms with Crippen LogP contribution in [0.2, 0.25) is 5.02 Å².